The van der Waals surface area contributed by atoms with Crippen LogP contribution in [0, 0.1) is 5.82 Å². The quantitative estimate of drug-likeness (QED) is 0.758. The van der Waals surface area contributed by atoms with Gasteiger partial charge in [0.2, 0.25) is 5.95 Å². The van der Waals surface area contributed by atoms with Crippen molar-refractivity contribution in [3.05, 3.63) is 29.0 Å². The van der Waals surface area contributed by atoms with Gasteiger partial charge in [-0.2, -0.15) is 4.98 Å². The Labute approximate surface area is 83.9 Å². The molecule has 3 N–H and O–H groups in total. The van der Waals surface area contributed by atoms with Crippen molar-refractivity contribution in [1.29, 1.82) is 0 Å². The molecule has 0 bridgehead atoms. The first-order chi connectivity index (χ1) is 6.66. The Kier molecular flexibility index (Phi) is 2.09. The molecule has 0 fully saturated rings. The minimum atomic E-state index is -0.397. The molecule has 0 saturated carbocycles. The molecule has 0 spiro atoms. The third-order valence-corrected chi connectivity index (χ3v) is 2.00. The summed E-state index contributed by atoms with van der Waals surface area (Å²) in [5, 5.41) is 6.50. The minimum absolute atomic E-state index is 0.125. The van der Waals surface area contributed by atoms with Crippen LogP contribution in [-0.4, -0.2) is 15.2 Å². The Morgan fingerprint density at radius 2 is 2.21 bits per heavy atom. The molecule has 72 valence electrons. The topological polar surface area (TPSA) is 67.6 Å². The molecule has 0 aliphatic heterocycles. The number of hydrogen-bond acceptors (Lipinski definition) is 3. The van der Waals surface area contributed by atoms with Gasteiger partial charge in [0, 0.05) is 5.56 Å². The molecule has 4 nitrogen and oxygen atoms in total. The lowest BCUT2D eigenvalue weighted by Gasteiger charge is -1.98. The van der Waals surface area contributed by atoms with E-state index in [0.29, 0.717) is 11.4 Å². The van der Waals surface area contributed by atoms with E-state index < -0.39 is 5.82 Å². The fourth-order valence-corrected chi connectivity index (χ4v) is 1.33. The van der Waals surface area contributed by atoms with Crippen LogP contribution >= 0.6 is 11.6 Å². The summed E-state index contributed by atoms with van der Waals surface area (Å²) in [5.74, 6) is 0.152. The largest absolute Gasteiger partial charge is 0.366 e. The average Bonchev–Trinajstić information content (AvgIpc) is 2.51. The normalized spacial score (nSPS) is 10.4. The van der Waals surface area contributed by atoms with E-state index in [9.17, 15) is 4.39 Å². The van der Waals surface area contributed by atoms with Gasteiger partial charge in [-0.15, -0.1) is 5.10 Å². The molecular weight excluding hydrogens is 207 g/mol. The molecule has 0 radical (unpaired) electrons. The third-order valence-electron chi connectivity index (χ3n) is 1.69. The lowest BCUT2D eigenvalue weighted by atomic mass is 10.2. The zero-order valence-electron chi connectivity index (χ0n) is 6.96. The highest BCUT2D eigenvalue weighted by Crippen LogP contribution is 2.25. The van der Waals surface area contributed by atoms with Crippen molar-refractivity contribution in [2.75, 3.05) is 5.73 Å². The minimum Gasteiger partial charge on any atom is -0.366 e. The Balaban J connectivity index is 2.52. The molecule has 0 saturated heterocycles. The van der Waals surface area contributed by atoms with Gasteiger partial charge in [-0.3, -0.25) is 5.10 Å². The molecule has 14 heavy (non-hydrogen) atoms. The van der Waals surface area contributed by atoms with E-state index in [1.54, 1.807) is 0 Å². The highest BCUT2D eigenvalue weighted by Gasteiger charge is 2.08. The van der Waals surface area contributed by atoms with E-state index >= 15 is 0 Å². The molecule has 0 aliphatic carbocycles. The number of H-pyrrole nitrogens is 1. The summed E-state index contributed by atoms with van der Waals surface area (Å²) in [6, 6.07) is 4.01. The van der Waals surface area contributed by atoms with Crippen LogP contribution in [-0.2, 0) is 0 Å². The van der Waals surface area contributed by atoms with Crippen molar-refractivity contribution >= 4 is 17.5 Å². The van der Waals surface area contributed by atoms with Gasteiger partial charge in [0.05, 0.1) is 5.02 Å². The molecule has 0 atom stereocenters. The number of anilines is 1. The number of rotatable bonds is 1. The summed E-state index contributed by atoms with van der Waals surface area (Å²) in [6.07, 6.45) is 0. The molecule has 0 aliphatic rings. The molecule has 6 heteroatoms. The molecule has 1 aromatic heterocycles. The molecular formula is C8H6ClFN4. The molecule has 1 heterocycles. The predicted molar refractivity (Wildman–Crippen MR) is 51.2 cm³/mol. The Bertz CT molecular complexity index is 468. The Morgan fingerprint density at radius 1 is 1.43 bits per heavy atom. The summed E-state index contributed by atoms with van der Waals surface area (Å²) in [4.78, 5) is 3.88. The SMILES string of the molecule is Nc1n[nH]c(-c2ccc(F)cc2Cl)n1. The number of nitrogen functional groups attached to an aromatic ring is 1. The third kappa shape index (κ3) is 1.54. The van der Waals surface area contributed by atoms with Crippen LogP contribution in [0.4, 0.5) is 10.3 Å². The van der Waals surface area contributed by atoms with Crippen LogP contribution in [0.25, 0.3) is 11.4 Å². The zero-order chi connectivity index (χ0) is 10.1. The van der Waals surface area contributed by atoms with Gasteiger partial charge in [0.1, 0.15) is 5.82 Å². The van der Waals surface area contributed by atoms with E-state index in [4.69, 9.17) is 17.3 Å². The monoisotopic (exact) mass is 212 g/mol. The fourth-order valence-electron chi connectivity index (χ4n) is 1.08. The summed E-state index contributed by atoms with van der Waals surface area (Å²) >= 11 is 5.80. The van der Waals surface area contributed by atoms with Gasteiger partial charge >= 0.3 is 0 Å². The van der Waals surface area contributed by atoms with Crippen molar-refractivity contribution < 1.29 is 4.39 Å². The second kappa shape index (κ2) is 3.26. The van der Waals surface area contributed by atoms with Crippen molar-refractivity contribution in [2.45, 2.75) is 0 Å². The van der Waals surface area contributed by atoms with E-state index in [1.165, 1.54) is 18.2 Å². The number of halogens is 2. The number of hydrogen-bond donors (Lipinski definition) is 2. The molecule has 0 amide bonds. The van der Waals surface area contributed by atoms with Crippen LogP contribution in [0.2, 0.25) is 5.02 Å². The van der Waals surface area contributed by atoms with Crippen LogP contribution in [0.3, 0.4) is 0 Å². The van der Waals surface area contributed by atoms with E-state index in [0.717, 1.165) is 0 Å². The van der Waals surface area contributed by atoms with E-state index in [2.05, 4.69) is 15.2 Å². The zero-order valence-corrected chi connectivity index (χ0v) is 7.72. The fraction of sp³-hybridized carbons (Fsp3) is 0. The molecule has 2 rings (SSSR count). The molecule has 2 aromatic rings. The highest BCUT2D eigenvalue weighted by molar-refractivity contribution is 6.33. The second-order valence-electron chi connectivity index (χ2n) is 2.67. The summed E-state index contributed by atoms with van der Waals surface area (Å²) in [6.45, 7) is 0. The first-order valence-corrected chi connectivity index (χ1v) is 4.18. The first-order valence-electron chi connectivity index (χ1n) is 3.80. The van der Waals surface area contributed by atoms with Gasteiger partial charge in [-0.1, -0.05) is 11.6 Å². The summed E-state index contributed by atoms with van der Waals surface area (Å²) in [5.41, 5.74) is 5.89. The highest BCUT2D eigenvalue weighted by atomic mass is 35.5. The van der Waals surface area contributed by atoms with E-state index in [-0.39, 0.29) is 11.0 Å². The Hall–Kier alpha value is -1.62. The summed E-state index contributed by atoms with van der Waals surface area (Å²) in [7, 11) is 0. The number of aromatic nitrogens is 3. The Morgan fingerprint density at radius 3 is 2.79 bits per heavy atom. The van der Waals surface area contributed by atoms with E-state index in [1.807, 2.05) is 0 Å². The van der Waals surface area contributed by atoms with Gasteiger partial charge < -0.3 is 5.73 Å². The van der Waals surface area contributed by atoms with Gasteiger partial charge in [0.25, 0.3) is 0 Å². The average molecular weight is 213 g/mol. The van der Waals surface area contributed by atoms with Crippen molar-refractivity contribution in [1.82, 2.24) is 15.2 Å². The lowest BCUT2D eigenvalue weighted by molar-refractivity contribution is 0.628. The number of nitrogens with two attached hydrogens (primary N) is 1. The maximum Gasteiger partial charge on any atom is 0.239 e. The van der Waals surface area contributed by atoms with Crippen LogP contribution in [0.15, 0.2) is 18.2 Å². The maximum atomic E-state index is 12.7. The second-order valence-corrected chi connectivity index (χ2v) is 3.07. The number of benzene rings is 1. The van der Waals surface area contributed by atoms with Crippen LogP contribution in [0.1, 0.15) is 0 Å². The summed E-state index contributed by atoms with van der Waals surface area (Å²) < 4.78 is 12.7. The van der Waals surface area contributed by atoms with Gasteiger partial charge in [-0.05, 0) is 18.2 Å². The smallest absolute Gasteiger partial charge is 0.239 e. The number of nitrogens with zero attached hydrogens (tertiary/aromatic N) is 2. The first kappa shape index (κ1) is 8.96. The predicted octanol–water partition coefficient (Wildman–Crippen LogP) is 1.85. The lowest BCUT2D eigenvalue weighted by Crippen LogP contribution is -1.86. The maximum absolute atomic E-state index is 12.7. The van der Waals surface area contributed by atoms with Gasteiger partial charge in [0.15, 0.2) is 5.82 Å². The van der Waals surface area contributed by atoms with Crippen molar-refractivity contribution in [3.63, 3.8) is 0 Å². The van der Waals surface area contributed by atoms with Crippen LogP contribution in [0.5, 0.6) is 0 Å². The van der Waals surface area contributed by atoms with Gasteiger partial charge in [-0.25, -0.2) is 4.39 Å². The number of nitrogens with one attached hydrogen (secondary N) is 1. The molecule has 1 aromatic carbocycles. The standard InChI is InChI=1S/C8H6ClFN4/c9-6-3-4(10)1-2-5(6)7-12-8(11)14-13-7/h1-3H,(H3,11,12,13,14). The number of aromatic amines is 1. The molecule has 0 unspecified atom stereocenters. The van der Waals surface area contributed by atoms with Crippen molar-refractivity contribution in [3.8, 4) is 11.4 Å². The van der Waals surface area contributed by atoms with Crippen LogP contribution < -0.4 is 5.73 Å². The van der Waals surface area contributed by atoms with Crippen molar-refractivity contribution in [2.24, 2.45) is 0 Å².